The Morgan fingerprint density at radius 2 is 2.29 bits per heavy atom. The molecule has 0 saturated heterocycles. The lowest BCUT2D eigenvalue weighted by Gasteiger charge is -2.06. The molecule has 110 valence electrons. The second kappa shape index (κ2) is 5.90. The predicted molar refractivity (Wildman–Crippen MR) is 86.0 cm³/mol. The topological polar surface area (TPSA) is 53.2 Å². The smallest absolute Gasteiger partial charge is 0.137 e. The summed E-state index contributed by atoms with van der Waals surface area (Å²) in [6, 6.07) is 4.27. The van der Waals surface area contributed by atoms with Gasteiger partial charge >= 0.3 is 0 Å². The summed E-state index contributed by atoms with van der Waals surface area (Å²) in [5.74, 6) is 0.753. The Bertz CT molecular complexity index is 697. The number of nitrogens with zero attached hydrogens (tertiary/aromatic N) is 2. The van der Waals surface area contributed by atoms with Crippen molar-refractivity contribution in [3.05, 3.63) is 47.6 Å². The molecule has 1 aliphatic carbocycles. The molecule has 0 bridgehead atoms. The molecule has 0 aromatic carbocycles. The molecule has 1 fully saturated rings. The highest BCUT2D eigenvalue weighted by Crippen LogP contribution is 2.39. The molecule has 2 heterocycles. The Balaban J connectivity index is 1.73. The van der Waals surface area contributed by atoms with Gasteiger partial charge in [-0.2, -0.15) is 0 Å². The molecule has 0 atom stereocenters. The fourth-order valence-corrected chi connectivity index (χ4v) is 2.57. The molecule has 0 aliphatic heterocycles. The number of hydrogen-bond donors (Lipinski definition) is 2. The number of nitrogens with one attached hydrogen (secondary N) is 2. The third-order valence-electron chi connectivity index (χ3n) is 3.75. The van der Waals surface area contributed by atoms with Gasteiger partial charge in [0, 0.05) is 18.1 Å². The average Bonchev–Trinajstić information content (AvgIpc) is 3.22. The number of hydrogen-bond acceptors (Lipinski definition) is 3. The van der Waals surface area contributed by atoms with Crippen LogP contribution in [0.2, 0.25) is 0 Å². The van der Waals surface area contributed by atoms with E-state index in [0.717, 1.165) is 29.4 Å². The lowest BCUT2D eigenvalue weighted by molar-refractivity contribution is 0.760. The van der Waals surface area contributed by atoms with Gasteiger partial charge in [-0.15, -0.1) is 0 Å². The van der Waals surface area contributed by atoms with Crippen LogP contribution < -0.4 is 5.32 Å². The van der Waals surface area contributed by atoms with E-state index in [0.29, 0.717) is 6.54 Å². The molecule has 1 aliphatic rings. The van der Waals surface area contributed by atoms with E-state index in [1.807, 2.05) is 6.92 Å². The molecule has 2 aromatic heterocycles. The Kier molecular flexibility index (Phi) is 3.97. The first-order chi connectivity index (χ1) is 10.2. The molecule has 0 radical (unpaired) electrons. The second-order valence-electron chi connectivity index (χ2n) is 5.46. The van der Waals surface area contributed by atoms with Gasteiger partial charge in [0.1, 0.15) is 10.8 Å². The van der Waals surface area contributed by atoms with Crippen LogP contribution in [0.5, 0.6) is 0 Å². The first kappa shape index (κ1) is 14.1. The van der Waals surface area contributed by atoms with Crippen molar-refractivity contribution in [2.45, 2.75) is 38.6 Å². The third-order valence-corrected chi connectivity index (χ3v) is 3.86. The predicted octanol–water partition coefficient (Wildman–Crippen LogP) is 3.81. The highest BCUT2D eigenvalue weighted by molar-refractivity contribution is 6.67. The van der Waals surface area contributed by atoms with Crippen LogP contribution in [-0.4, -0.2) is 14.6 Å². The minimum atomic E-state index is 0.0448. The molecule has 0 unspecified atom stereocenters. The van der Waals surface area contributed by atoms with Crippen molar-refractivity contribution < 1.29 is 0 Å². The molecule has 3 rings (SSSR count). The van der Waals surface area contributed by atoms with E-state index >= 15 is 0 Å². The largest absolute Gasteiger partial charge is 0.383 e. The Labute approximate surface area is 129 Å². The summed E-state index contributed by atoms with van der Waals surface area (Å²) >= 11 is 5.60. The van der Waals surface area contributed by atoms with Crippen LogP contribution >= 0.6 is 11.6 Å². The van der Waals surface area contributed by atoms with Gasteiger partial charge in [0.2, 0.25) is 0 Å². The monoisotopic (exact) mass is 302 g/mol. The number of pyridine rings is 1. The van der Waals surface area contributed by atoms with Crippen LogP contribution in [0.3, 0.4) is 0 Å². The Morgan fingerprint density at radius 3 is 2.95 bits per heavy atom. The summed E-state index contributed by atoms with van der Waals surface area (Å²) < 4.78 is 2.10. The number of halogens is 1. The average molecular weight is 303 g/mol. The van der Waals surface area contributed by atoms with Crippen molar-refractivity contribution in [3.63, 3.8) is 0 Å². The van der Waals surface area contributed by atoms with E-state index < -0.39 is 0 Å². The van der Waals surface area contributed by atoms with E-state index in [-0.39, 0.29) is 5.17 Å². The molecule has 0 amide bonds. The first-order valence-electron chi connectivity index (χ1n) is 7.31. The van der Waals surface area contributed by atoms with Crippen LogP contribution in [0, 0.1) is 5.41 Å². The summed E-state index contributed by atoms with van der Waals surface area (Å²) in [7, 11) is 0. The molecule has 4 nitrogen and oxygen atoms in total. The van der Waals surface area contributed by atoms with E-state index in [1.165, 1.54) is 18.4 Å². The summed E-state index contributed by atoms with van der Waals surface area (Å²) in [6.07, 6.45) is 9.33. The van der Waals surface area contributed by atoms with Crippen molar-refractivity contribution in [3.8, 4) is 0 Å². The van der Waals surface area contributed by atoms with Gasteiger partial charge in [0.25, 0.3) is 0 Å². The summed E-state index contributed by atoms with van der Waals surface area (Å²) in [5, 5.41) is 10.6. The molecule has 21 heavy (non-hydrogen) atoms. The fourth-order valence-electron chi connectivity index (χ4n) is 2.44. The highest BCUT2D eigenvalue weighted by Gasteiger charge is 2.23. The minimum Gasteiger partial charge on any atom is -0.383 e. The van der Waals surface area contributed by atoms with Gasteiger partial charge < -0.3 is 9.72 Å². The lowest BCUT2D eigenvalue weighted by Crippen LogP contribution is -2.13. The quantitative estimate of drug-likeness (QED) is 0.797. The number of fused-ring (bicyclic) bond motifs is 1. The van der Waals surface area contributed by atoms with Crippen molar-refractivity contribution in [2.24, 2.45) is 0 Å². The van der Waals surface area contributed by atoms with E-state index in [4.69, 9.17) is 17.0 Å². The zero-order valence-electron chi connectivity index (χ0n) is 12.1. The normalized spacial score (nSPS) is 15.4. The number of aromatic nitrogens is 2. The molecule has 0 spiro atoms. The summed E-state index contributed by atoms with van der Waals surface area (Å²) in [5.41, 5.74) is 4.32. The standard InChI is InChI=1S/C16H19ClN4/c1-2-13(7-15(17)18)19-8-14-10-21-9-12(11-3-4-11)5-6-16(21)20-14/h5-7,9-11,18-19H,2-4,8H2,1H3/b13-7+,18-15?. The van der Waals surface area contributed by atoms with Crippen LogP contribution in [-0.2, 0) is 6.54 Å². The van der Waals surface area contributed by atoms with Crippen molar-refractivity contribution in [1.82, 2.24) is 14.7 Å². The molecule has 2 aromatic rings. The van der Waals surface area contributed by atoms with Gasteiger partial charge in [-0.25, -0.2) is 4.98 Å². The second-order valence-corrected chi connectivity index (χ2v) is 5.87. The Hall–Kier alpha value is -1.81. The van der Waals surface area contributed by atoms with Crippen LogP contribution in [0.15, 0.2) is 36.3 Å². The Morgan fingerprint density at radius 1 is 1.48 bits per heavy atom. The first-order valence-corrected chi connectivity index (χ1v) is 7.69. The zero-order chi connectivity index (χ0) is 14.8. The van der Waals surface area contributed by atoms with Gasteiger partial charge in [-0.1, -0.05) is 24.6 Å². The SMILES string of the molecule is CC/C(=C\C(=N)Cl)NCc1cn2cc(C3CC3)ccc2n1. The van der Waals surface area contributed by atoms with Gasteiger partial charge in [-0.3, -0.25) is 5.41 Å². The molecule has 1 saturated carbocycles. The summed E-state index contributed by atoms with van der Waals surface area (Å²) in [4.78, 5) is 4.61. The third kappa shape index (κ3) is 3.45. The fraction of sp³-hybridized carbons (Fsp3) is 0.375. The maximum Gasteiger partial charge on any atom is 0.137 e. The van der Waals surface area contributed by atoms with Crippen LogP contribution in [0.4, 0.5) is 0 Å². The van der Waals surface area contributed by atoms with Crippen molar-refractivity contribution in [2.75, 3.05) is 0 Å². The lowest BCUT2D eigenvalue weighted by atomic mass is 10.2. The van der Waals surface area contributed by atoms with Gasteiger partial charge in [0.15, 0.2) is 0 Å². The van der Waals surface area contributed by atoms with E-state index in [9.17, 15) is 0 Å². The van der Waals surface area contributed by atoms with E-state index in [2.05, 4.69) is 39.2 Å². The molecule has 2 N–H and O–H groups in total. The minimum absolute atomic E-state index is 0.0448. The zero-order valence-corrected chi connectivity index (χ0v) is 12.8. The van der Waals surface area contributed by atoms with Crippen LogP contribution in [0.25, 0.3) is 5.65 Å². The van der Waals surface area contributed by atoms with Crippen LogP contribution in [0.1, 0.15) is 43.4 Å². The molecule has 5 heteroatoms. The van der Waals surface area contributed by atoms with Gasteiger partial charge in [0.05, 0.1) is 12.2 Å². The molecular formula is C16H19ClN4. The highest BCUT2D eigenvalue weighted by atomic mass is 35.5. The maximum absolute atomic E-state index is 7.30. The number of rotatable bonds is 6. The molecular weight excluding hydrogens is 284 g/mol. The number of allylic oxidation sites excluding steroid dienone is 2. The van der Waals surface area contributed by atoms with Crippen molar-refractivity contribution >= 4 is 22.4 Å². The van der Waals surface area contributed by atoms with Gasteiger partial charge in [-0.05, 0) is 42.9 Å². The van der Waals surface area contributed by atoms with Crippen molar-refractivity contribution in [1.29, 1.82) is 5.41 Å². The van der Waals surface area contributed by atoms with E-state index in [1.54, 1.807) is 6.08 Å². The number of imidazole rings is 1. The summed E-state index contributed by atoms with van der Waals surface area (Å²) in [6.45, 7) is 2.68. The maximum atomic E-state index is 7.30.